The number of benzene rings is 2. The number of nitrogens with two attached hydrogens (primary N) is 1. The molecular formula is C19H13N7O6S2. The molecule has 5 aromatic rings. The zero-order valence-corrected chi connectivity index (χ0v) is 18.4. The standard InChI is InChI=1S/C19H13N7O6S2/c20-18-23-16-15(10-5-12(27)13(28)6-11(10)22-16)17(24-18)25-19-21-7-14(33-19)34(31,32)9-3-1-8(2-4-9)26(29)30/h1-7,27-28H,(H4,20,21,22,23,24,25). The number of rotatable bonds is 5. The number of anilines is 3. The molecule has 0 saturated heterocycles. The summed E-state index contributed by atoms with van der Waals surface area (Å²) in [5.41, 5.74) is 6.37. The molecule has 0 atom stereocenters. The van der Waals surface area contributed by atoms with E-state index in [2.05, 4.69) is 25.3 Å². The van der Waals surface area contributed by atoms with Crippen molar-refractivity contribution in [2.24, 2.45) is 0 Å². The maximum absolute atomic E-state index is 12.9. The number of hydrogen-bond donors (Lipinski definition) is 5. The molecule has 0 aliphatic heterocycles. The fourth-order valence-electron chi connectivity index (χ4n) is 3.33. The summed E-state index contributed by atoms with van der Waals surface area (Å²) < 4.78 is 25.7. The molecule has 0 unspecified atom stereocenters. The lowest BCUT2D eigenvalue weighted by molar-refractivity contribution is -0.384. The van der Waals surface area contributed by atoms with Gasteiger partial charge in [0.25, 0.3) is 5.69 Å². The number of aromatic amines is 1. The Morgan fingerprint density at radius 1 is 1.12 bits per heavy atom. The number of nitrogen functional groups attached to an aromatic ring is 1. The zero-order chi connectivity index (χ0) is 24.2. The van der Waals surface area contributed by atoms with Gasteiger partial charge in [0, 0.05) is 23.6 Å². The Balaban J connectivity index is 1.54. The van der Waals surface area contributed by atoms with Crippen molar-refractivity contribution >= 4 is 65.7 Å². The minimum Gasteiger partial charge on any atom is -0.504 e. The van der Waals surface area contributed by atoms with Crippen LogP contribution in [0, 0.1) is 10.1 Å². The molecule has 0 spiro atoms. The molecule has 15 heteroatoms. The van der Waals surface area contributed by atoms with Crippen LogP contribution in [-0.4, -0.2) is 43.5 Å². The molecule has 34 heavy (non-hydrogen) atoms. The van der Waals surface area contributed by atoms with Crippen LogP contribution < -0.4 is 11.1 Å². The SMILES string of the molecule is Nc1nc(Nc2ncc(S(=O)(=O)c3ccc([N+](=O)[O-])cc3)s2)c2c(n1)[nH]c1cc(O)c(O)cc12. The molecule has 3 heterocycles. The topological polar surface area (TPSA) is 210 Å². The summed E-state index contributed by atoms with van der Waals surface area (Å²) in [6.45, 7) is 0. The number of phenols is 2. The highest BCUT2D eigenvalue weighted by Crippen LogP contribution is 2.38. The van der Waals surface area contributed by atoms with Gasteiger partial charge in [-0.2, -0.15) is 9.97 Å². The molecule has 0 aliphatic carbocycles. The molecule has 172 valence electrons. The fourth-order valence-corrected chi connectivity index (χ4v) is 5.77. The van der Waals surface area contributed by atoms with Gasteiger partial charge >= 0.3 is 0 Å². The Morgan fingerprint density at radius 3 is 2.53 bits per heavy atom. The summed E-state index contributed by atoms with van der Waals surface area (Å²) in [7, 11) is -3.97. The molecule has 2 aromatic carbocycles. The van der Waals surface area contributed by atoms with Crippen LogP contribution >= 0.6 is 11.3 Å². The maximum Gasteiger partial charge on any atom is 0.269 e. The minimum absolute atomic E-state index is 0.0784. The average molecular weight is 499 g/mol. The van der Waals surface area contributed by atoms with Crippen molar-refractivity contribution in [2.45, 2.75) is 9.10 Å². The van der Waals surface area contributed by atoms with Crippen LogP contribution in [0.1, 0.15) is 0 Å². The predicted molar refractivity (Wildman–Crippen MR) is 123 cm³/mol. The summed E-state index contributed by atoms with van der Waals surface area (Å²) in [6, 6.07) is 7.19. The summed E-state index contributed by atoms with van der Waals surface area (Å²) in [5, 5.41) is 34.5. The molecule has 0 aliphatic rings. The minimum atomic E-state index is -3.97. The Hall–Kier alpha value is -4.50. The number of hydrogen-bond acceptors (Lipinski definition) is 12. The summed E-state index contributed by atoms with van der Waals surface area (Å²) in [6.07, 6.45) is 1.16. The van der Waals surface area contributed by atoms with Gasteiger partial charge in [-0.3, -0.25) is 10.1 Å². The Labute approximate surface area is 193 Å². The lowest BCUT2D eigenvalue weighted by atomic mass is 10.2. The highest BCUT2D eigenvalue weighted by Gasteiger charge is 2.23. The van der Waals surface area contributed by atoms with Gasteiger partial charge in [-0.15, -0.1) is 0 Å². The highest BCUT2D eigenvalue weighted by atomic mass is 32.2. The number of non-ortho nitro benzene ring substituents is 1. The second-order valence-electron chi connectivity index (χ2n) is 7.03. The van der Waals surface area contributed by atoms with Crippen LogP contribution in [0.2, 0.25) is 0 Å². The highest BCUT2D eigenvalue weighted by molar-refractivity contribution is 7.93. The predicted octanol–water partition coefficient (Wildman–Crippen LogP) is 3.05. The summed E-state index contributed by atoms with van der Waals surface area (Å²) >= 11 is 0.823. The molecule has 0 bridgehead atoms. The van der Waals surface area contributed by atoms with Crippen molar-refractivity contribution in [3.8, 4) is 11.5 Å². The fraction of sp³-hybridized carbons (Fsp3) is 0. The largest absolute Gasteiger partial charge is 0.504 e. The number of H-pyrrole nitrogens is 1. The van der Waals surface area contributed by atoms with Crippen molar-refractivity contribution in [1.29, 1.82) is 0 Å². The van der Waals surface area contributed by atoms with E-state index in [0.29, 0.717) is 21.9 Å². The number of nitrogens with one attached hydrogen (secondary N) is 2. The first-order valence-corrected chi connectivity index (χ1v) is 11.7. The molecule has 3 aromatic heterocycles. The third kappa shape index (κ3) is 3.48. The first kappa shape index (κ1) is 21.4. The quantitative estimate of drug-likeness (QED) is 0.135. The molecule has 0 saturated carbocycles. The van der Waals surface area contributed by atoms with Gasteiger partial charge in [0.2, 0.25) is 15.8 Å². The van der Waals surface area contributed by atoms with Gasteiger partial charge in [0.1, 0.15) is 15.7 Å². The normalized spacial score (nSPS) is 11.8. The van der Waals surface area contributed by atoms with E-state index in [1.54, 1.807) is 0 Å². The van der Waals surface area contributed by atoms with Crippen LogP contribution in [0.15, 0.2) is 51.7 Å². The van der Waals surface area contributed by atoms with Crippen molar-refractivity contribution in [2.75, 3.05) is 11.1 Å². The van der Waals surface area contributed by atoms with E-state index in [0.717, 1.165) is 41.8 Å². The average Bonchev–Trinajstić information content (AvgIpc) is 3.39. The smallest absolute Gasteiger partial charge is 0.269 e. The molecule has 6 N–H and O–H groups in total. The van der Waals surface area contributed by atoms with Crippen LogP contribution in [0.4, 0.5) is 22.6 Å². The number of aromatic nitrogens is 4. The van der Waals surface area contributed by atoms with E-state index >= 15 is 0 Å². The second kappa shape index (κ2) is 7.53. The number of phenolic OH excluding ortho intramolecular Hbond substituents is 2. The van der Waals surface area contributed by atoms with E-state index in [4.69, 9.17) is 5.73 Å². The molecule has 0 radical (unpaired) electrons. The number of nitrogens with zero attached hydrogens (tertiary/aromatic N) is 4. The number of sulfone groups is 1. The summed E-state index contributed by atoms with van der Waals surface area (Å²) in [4.78, 5) is 25.4. The van der Waals surface area contributed by atoms with Gasteiger partial charge in [-0.05, 0) is 18.2 Å². The van der Waals surface area contributed by atoms with E-state index in [9.17, 15) is 28.7 Å². The van der Waals surface area contributed by atoms with Crippen LogP contribution in [-0.2, 0) is 9.84 Å². The Kier molecular flexibility index (Phi) is 4.73. The Bertz CT molecular complexity index is 1710. The lowest BCUT2D eigenvalue weighted by Gasteiger charge is -2.05. The van der Waals surface area contributed by atoms with Gasteiger partial charge < -0.3 is 26.2 Å². The molecule has 5 rings (SSSR count). The molecule has 13 nitrogen and oxygen atoms in total. The number of fused-ring (bicyclic) bond motifs is 3. The second-order valence-corrected chi connectivity index (χ2v) is 10.2. The van der Waals surface area contributed by atoms with Crippen molar-refractivity contribution in [3.05, 3.63) is 52.7 Å². The van der Waals surface area contributed by atoms with E-state index in [1.807, 2.05) is 0 Å². The van der Waals surface area contributed by atoms with Crippen molar-refractivity contribution < 1.29 is 23.6 Å². The number of aromatic hydroxyl groups is 2. The number of nitro groups is 1. The van der Waals surface area contributed by atoms with Gasteiger partial charge in [-0.1, -0.05) is 11.3 Å². The van der Waals surface area contributed by atoms with Crippen LogP contribution in [0.25, 0.3) is 21.9 Å². The number of nitro benzene ring substituents is 1. The first-order chi connectivity index (χ1) is 16.1. The van der Waals surface area contributed by atoms with Crippen LogP contribution in [0.3, 0.4) is 0 Å². The zero-order valence-electron chi connectivity index (χ0n) is 16.8. The molecular weight excluding hydrogens is 486 g/mol. The summed E-state index contributed by atoms with van der Waals surface area (Å²) in [5.74, 6) is -0.546. The van der Waals surface area contributed by atoms with E-state index in [1.165, 1.54) is 12.1 Å². The van der Waals surface area contributed by atoms with Crippen LogP contribution in [0.5, 0.6) is 11.5 Å². The third-order valence-corrected chi connectivity index (χ3v) is 8.04. The third-order valence-electron chi connectivity index (χ3n) is 4.90. The number of thiazole rings is 1. The first-order valence-electron chi connectivity index (χ1n) is 9.37. The maximum atomic E-state index is 12.9. The van der Waals surface area contributed by atoms with Gasteiger partial charge in [0.05, 0.1) is 26.9 Å². The van der Waals surface area contributed by atoms with Crippen molar-refractivity contribution in [1.82, 2.24) is 19.9 Å². The Morgan fingerprint density at radius 2 is 1.82 bits per heavy atom. The van der Waals surface area contributed by atoms with E-state index < -0.39 is 14.8 Å². The van der Waals surface area contributed by atoms with E-state index in [-0.39, 0.29) is 43.2 Å². The monoisotopic (exact) mass is 499 g/mol. The lowest BCUT2D eigenvalue weighted by Crippen LogP contribution is -2.00. The van der Waals surface area contributed by atoms with Crippen molar-refractivity contribution in [3.63, 3.8) is 0 Å². The van der Waals surface area contributed by atoms with Gasteiger partial charge in [0.15, 0.2) is 16.6 Å². The molecule has 0 amide bonds. The van der Waals surface area contributed by atoms with Gasteiger partial charge in [-0.25, -0.2) is 13.4 Å². The molecule has 0 fully saturated rings.